The van der Waals surface area contributed by atoms with Gasteiger partial charge in [0, 0.05) is 19.2 Å². The largest absolute Gasteiger partial charge is 0.330 e. The van der Waals surface area contributed by atoms with Gasteiger partial charge in [-0.2, -0.15) is 0 Å². The summed E-state index contributed by atoms with van der Waals surface area (Å²) in [5, 5.41) is 0.120. The molecule has 0 unspecified atom stereocenters. The number of rotatable bonds is 4. The van der Waals surface area contributed by atoms with Crippen molar-refractivity contribution in [2.45, 2.75) is 13.5 Å². The molecule has 18 heavy (non-hydrogen) atoms. The number of imidazole rings is 1. The lowest BCUT2D eigenvalue weighted by Gasteiger charge is -2.14. The van der Waals surface area contributed by atoms with Gasteiger partial charge in [-0.1, -0.05) is 18.5 Å². The van der Waals surface area contributed by atoms with E-state index in [1.165, 1.54) is 6.07 Å². The molecule has 3 nitrogen and oxygen atoms in total. The molecule has 0 amide bonds. The number of fused-ring (bicyclic) bond motifs is 1. The SMILES string of the molecule is CCN(C)CCn1c(=S)[nH]c2cc(F)c(Cl)cc21. The lowest BCUT2D eigenvalue weighted by molar-refractivity contribution is 0.336. The summed E-state index contributed by atoms with van der Waals surface area (Å²) >= 11 is 11.1. The maximum Gasteiger partial charge on any atom is 0.178 e. The molecule has 1 aromatic carbocycles. The number of hydrogen-bond donors (Lipinski definition) is 1. The molecule has 98 valence electrons. The summed E-state index contributed by atoms with van der Waals surface area (Å²) in [4.78, 5) is 5.18. The van der Waals surface area contributed by atoms with Crippen molar-refractivity contribution in [3.05, 3.63) is 27.7 Å². The van der Waals surface area contributed by atoms with Gasteiger partial charge in [0.05, 0.1) is 16.1 Å². The van der Waals surface area contributed by atoms with E-state index in [0.717, 1.165) is 25.2 Å². The summed E-state index contributed by atoms with van der Waals surface area (Å²) in [6, 6.07) is 3.00. The Morgan fingerprint density at radius 2 is 2.22 bits per heavy atom. The molecule has 0 aliphatic heterocycles. The number of halogens is 2. The number of H-pyrrole nitrogens is 1. The highest BCUT2D eigenvalue weighted by atomic mass is 35.5. The van der Waals surface area contributed by atoms with E-state index in [2.05, 4.69) is 16.8 Å². The number of aromatic nitrogens is 2. The minimum Gasteiger partial charge on any atom is -0.330 e. The van der Waals surface area contributed by atoms with Crippen molar-refractivity contribution in [1.82, 2.24) is 14.5 Å². The van der Waals surface area contributed by atoms with E-state index in [1.54, 1.807) is 6.07 Å². The van der Waals surface area contributed by atoms with Gasteiger partial charge < -0.3 is 14.5 Å². The minimum absolute atomic E-state index is 0.120. The first-order valence-corrected chi connectivity index (χ1v) is 6.57. The van der Waals surface area contributed by atoms with E-state index in [1.807, 2.05) is 11.6 Å². The minimum atomic E-state index is -0.432. The molecule has 0 saturated heterocycles. The van der Waals surface area contributed by atoms with E-state index in [-0.39, 0.29) is 5.02 Å². The van der Waals surface area contributed by atoms with Crippen molar-refractivity contribution in [3.63, 3.8) is 0 Å². The predicted molar refractivity (Wildman–Crippen MR) is 75.3 cm³/mol. The first-order valence-electron chi connectivity index (χ1n) is 5.79. The molecule has 0 radical (unpaired) electrons. The number of aromatic amines is 1. The lowest BCUT2D eigenvalue weighted by atomic mass is 10.3. The number of nitrogens with zero attached hydrogens (tertiary/aromatic N) is 2. The van der Waals surface area contributed by atoms with Crippen molar-refractivity contribution in [2.24, 2.45) is 0 Å². The third-order valence-electron chi connectivity index (χ3n) is 3.06. The summed E-state index contributed by atoms with van der Waals surface area (Å²) in [6.45, 7) is 4.71. The predicted octanol–water partition coefficient (Wildman–Crippen LogP) is 3.44. The number of benzene rings is 1. The van der Waals surface area contributed by atoms with Gasteiger partial charge in [-0.15, -0.1) is 0 Å². The van der Waals surface area contributed by atoms with Crippen molar-refractivity contribution >= 4 is 34.9 Å². The van der Waals surface area contributed by atoms with Crippen LogP contribution in [0.1, 0.15) is 6.92 Å². The van der Waals surface area contributed by atoms with Crippen molar-refractivity contribution in [1.29, 1.82) is 0 Å². The third-order valence-corrected chi connectivity index (χ3v) is 3.67. The van der Waals surface area contributed by atoms with Crippen LogP contribution in [0.2, 0.25) is 5.02 Å². The van der Waals surface area contributed by atoms with Crippen LogP contribution in [0.15, 0.2) is 12.1 Å². The van der Waals surface area contributed by atoms with Crippen molar-refractivity contribution in [2.75, 3.05) is 20.1 Å². The summed E-state index contributed by atoms with van der Waals surface area (Å²) < 4.78 is 15.9. The van der Waals surface area contributed by atoms with Gasteiger partial charge in [-0.05, 0) is 31.9 Å². The molecule has 2 rings (SSSR count). The van der Waals surface area contributed by atoms with Gasteiger partial charge in [0.25, 0.3) is 0 Å². The fourth-order valence-electron chi connectivity index (χ4n) is 1.80. The van der Waals surface area contributed by atoms with E-state index in [4.69, 9.17) is 23.8 Å². The van der Waals surface area contributed by atoms with Crippen LogP contribution < -0.4 is 0 Å². The molecule has 1 aromatic heterocycles. The quantitative estimate of drug-likeness (QED) is 0.871. The second kappa shape index (κ2) is 5.38. The molecule has 1 N–H and O–H groups in total. The molecule has 0 spiro atoms. The van der Waals surface area contributed by atoms with Gasteiger partial charge in [-0.3, -0.25) is 0 Å². The smallest absolute Gasteiger partial charge is 0.178 e. The number of nitrogens with one attached hydrogen (secondary N) is 1. The van der Waals surface area contributed by atoms with Crippen LogP contribution in [-0.4, -0.2) is 34.6 Å². The molecule has 1 heterocycles. The molecular weight excluding hydrogens is 273 g/mol. The highest BCUT2D eigenvalue weighted by Crippen LogP contribution is 2.22. The molecule has 0 bridgehead atoms. The number of likely N-dealkylation sites (N-methyl/N-ethyl adjacent to an activating group) is 1. The summed E-state index contributed by atoms with van der Waals surface area (Å²) in [5.41, 5.74) is 1.52. The fourth-order valence-corrected chi connectivity index (χ4v) is 2.26. The molecule has 0 aliphatic rings. The maximum atomic E-state index is 13.4. The Morgan fingerprint density at radius 1 is 1.50 bits per heavy atom. The van der Waals surface area contributed by atoms with Gasteiger partial charge in [0.1, 0.15) is 5.82 Å². The normalized spacial score (nSPS) is 11.6. The Hall–Kier alpha value is -0.910. The average molecular weight is 288 g/mol. The summed E-state index contributed by atoms with van der Waals surface area (Å²) in [6.07, 6.45) is 0. The fraction of sp³-hybridized carbons (Fsp3) is 0.417. The second-order valence-electron chi connectivity index (χ2n) is 4.26. The molecule has 0 atom stereocenters. The standard InChI is InChI=1S/C12H15ClFN3S/c1-3-16(2)4-5-17-11-6-8(13)9(14)7-10(11)15-12(17)18/h6-7H,3-5H2,1-2H3,(H,15,18). The van der Waals surface area contributed by atoms with Gasteiger partial charge >= 0.3 is 0 Å². The zero-order chi connectivity index (χ0) is 13.3. The van der Waals surface area contributed by atoms with Crippen LogP contribution in [0, 0.1) is 10.6 Å². The first-order chi connectivity index (χ1) is 8.52. The first kappa shape index (κ1) is 13.5. The highest BCUT2D eigenvalue weighted by molar-refractivity contribution is 7.71. The topological polar surface area (TPSA) is 24.0 Å². The molecule has 0 aliphatic carbocycles. The van der Waals surface area contributed by atoms with E-state index in [0.29, 0.717) is 10.3 Å². The lowest BCUT2D eigenvalue weighted by Crippen LogP contribution is -2.22. The second-order valence-corrected chi connectivity index (χ2v) is 5.06. The van der Waals surface area contributed by atoms with Crippen LogP contribution in [0.3, 0.4) is 0 Å². The van der Waals surface area contributed by atoms with Crippen LogP contribution >= 0.6 is 23.8 Å². The third kappa shape index (κ3) is 2.58. The Labute approximate surface area is 115 Å². The number of hydrogen-bond acceptors (Lipinski definition) is 2. The van der Waals surface area contributed by atoms with Gasteiger partial charge in [0.15, 0.2) is 4.77 Å². The Kier molecular flexibility index (Phi) is 4.04. The molecular formula is C12H15ClFN3S. The molecule has 2 aromatic rings. The van der Waals surface area contributed by atoms with Crippen LogP contribution in [0.25, 0.3) is 11.0 Å². The molecule has 6 heteroatoms. The van der Waals surface area contributed by atoms with Crippen LogP contribution in [-0.2, 0) is 6.54 Å². The maximum absolute atomic E-state index is 13.4. The summed E-state index contributed by atoms with van der Waals surface area (Å²) in [5.74, 6) is -0.432. The monoisotopic (exact) mass is 287 g/mol. The van der Waals surface area contributed by atoms with Gasteiger partial charge in [-0.25, -0.2) is 4.39 Å². The van der Waals surface area contributed by atoms with E-state index < -0.39 is 5.82 Å². The Bertz CT molecular complexity index is 620. The molecule has 0 fully saturated rings. The Balaban J connectivity index is 2.41. The van der Waals surface area contributed by atoms with E-state index >= 15 is 0 Å². The van der Waals surface area contributed by atoms with Crippen molar-refractivity contribution in [3.8, 4) is 0 Å². The Morgan fingerprint density at radius 3 is 2.89 bits per heavy atom. The average Bonchev–Trinajstić information content (AvgIpc) is 2.62. The van der Waals surface area contributed by atoms with Crippen LogP contribution in [0.5, 0.6) is 0 Å². The van der Waals surface area contributed by atoms with Crippen LogP contribution in [0.4, 0.5) is 4.39 Å². The van der Waals surface area contributed by atoms with Crippen molar-refractivity contribution < 1.29 is 4.39 Å². The zero-order valence-electron chi connectivity index (χ0n) is 10.3. The van der Waals surface area contributed by atoms with E-state index in [9.17, 15) is 4.39 Å². The molecule has 0 saturated carbocycles. The van der Waals surface area contributed by atoms with Gasteiger partial charge in [0.2, 0.25) is 0 Å². The summed E-state index contributed by atoms with van der Waals surface area (Å²) in [7, 11) is 2.05. The zero-order valence-corrected chi connectivity index (χ0v) is 11.9. The highest BCUT2D eigenvalue weighted by Gasteiger charge is 2.09.